The number of nitrogens with zero attached hydrogens (tertiary/aromatic N) is 2. The Morgan fingerprint density at radius 1 is 1.46 bits per heavy atom. The summed E-state index contributed by atoms with van der Waals surface area (Å²) >= 11 is 0. The number of aromatic nitrogens is 2. The maximum absolute atomic E-state index is 14.0. The summed E-state index contributed by atoms with van der Waals surface area (Å²) < 4.78 is 24.8. The zero-order valence-electron chi connectivity index (χ0n) is 15.4. The molecule has 146 valence electrons. The average molecular weight is 386 g/mol. The van der Waals surface area contributed by atoms with Crippen molar-refractivity contribution in [2.75, 3.05) is 13.7 Å². The summed E-state index contributed by atoms with van der Waals surface area (Å²) in [4.78, 5) is 31.7. The maximum Gasteiger partial charge on any atom is 0.255 e. The van der Waals surface area contributed by atoms with Gasteiger partial charge >= 0.3 is 0 Å². The molecule has 28 heavy (non-hydrogen) atoms. The predicted molar refractivity (Wildman–Crippen MR) is 98.6 cm³/mol. The fraction of sp³-hybridized carbons (Fsp3) is 0.368. The number of nitrogens with one attached hydrogen (secondary N) is 1. The highest BCUT2D eigenvalue weighted by molar-refractivity contribution is 6.00. The lowest BCUT2D eigenvalue weighted by atomic mass is 9.97. The van der Waals surface area contributed by atoms with Gasteiger partial charge < -0.3 is 20.5 Å². The van der Waals surface area contributed by atoms with E-state index in [1.54, 1.807) is 6.92 Å². The standard InChI is InChI=1S/C19H19FN4O4/c1-4-9-7-22-19(28-8-13-10(5-2)14(20)17(26)23-13)15-11(9)6-12(16(21)25)18(24-15)27-3/h1,6-7,10,13-14H,5,8H2,2-3H3,(H2,21,25)(H,23,26)/t10-,13?,14-/m0/s1. The van der Waals surface area contributed by atoms with E-state index in [9.17, 15) is 14.0 Å². The van der Waals surface area contributed by atoms with Gasteiger partial charge in [-0.1, -0.05) is 12.8 Å². The fourth-order valence-corrected chi connectivity index (χ4v) is 3.26. The Balaban J connectivity index is 1.99. The molecule has 3 atom stereocenters. The lowest BCUT2D eigenvalue weighted by molar-refractivity contribution is -0.123. The van der Waals surface area contributed by atoms with Gasteiger partial charge in [0.05, 0.1) is 18.7 Å². The molecule has 0 saturated carbocycles. The van der Waals surface area contributed by atoms with Crippen molar-refractivity contribution in [3.8, 4) is 24.1 Å². The second-order valence-electron chi connectivity index (χ2n) is 6.33. The number of alkyl halides is 1. The first-order valence-corrected chi connectivity index (χ1v) is 8.62. The molecule has 9 heteroatoms. The monoisotopic (exact) mass is 386 g/mol. The van der Waals surface area contributed by atoms with Crippen LogP contribution in [0.2, 0.25) is 0 Å². The summed E-state index contributed by atoms with van der Waals surface area (Å²) in [5, 5.41) is 3.02. The maximum atomic E-state index is 14.0. The largest absolute Gasteiger partial charge is 0.480 e. The molecular formula is C19H19FN4O4. The molecule has 0 bridgehead atoms. The zero-order valence-corrected chi connectivity index (χ0v) is 15.4. The van der Waals surface area contributed by atoms with Crippen LogP contribution in [0, 0.1) is 18.3 Å². The van der Waals surface area contributed by atoms with Crippen LogP contribution in [0.3, 0.4) is 0 Å². The Morgan fingerprint density at radius 2 is 2.21 bits per heavy atom. The van der Waals surface area contributed by atoms with Crippen LogP contribution in [0.25, 0.3) is 10.9 Å². The first-order chi connectivity index (χ1) is 13.4. The van der Waals surface area contributed by atoms with Gasteiger partial charge in [0.2, 0.25) is 11.8 Å². The third kappa shape index (κ3) is 3.29. The smallest absolute Gasteiger partial charge is 0.255 e. The second kappa shape index (κ2) is 7.68. The van der Waals surface area contributed by atoms with Crippen molar-refractivity contribution in [1.82, 2.24) is 15.3 Å². The van der Waals surface area contributed by atoms with Crippen LogP contribution in [0.5, 0.6) is 11.8 Å². The van der Waals surface area contributed by atoms with Gasteiger partial charge in [0.15, 0.2) is 6.17 Å². The van der Waals surface area contributed by atoms with Gasteiger partial charge in [-0.3, -0.25) is 9.59 Å². The van der Waals surface area contributed by atoms with E-state index in [-0.39, 0.29) is 29.4 Å². The van der Waals surface area contributed by atoms with E-state index in [1.165, 1.54) is 19.4 Å². The van der Waals surface area contributed by atoms with Gasteiger partial charge in [-0.05, 0) is 12.5 Å². The Labute approximate surface area is 160 Å². The number of methoxy groups -OCH3 is 1. The highest BCUT2D eigenvalue weighted by atomic mass is 19.1. The van der Waals surface area contributed by atoms with Crippen LogP contribution in [-0.4, -0.2) is 47.7 Å². The van der Waals surface area contributed by atoms with E-state index < -0.39 is 29.9 Å². The van der Waals surface area contributed by atoms with Gasteiger partial charge in [0, 0.05) is 17.5 Å². The molecule has 2 amide bonds. The van der Waals surface area contributed by atoms with E-state index in [2.05, 4.69) is 21.2 Å². The van der Waals surface area contributed by atoms with Gasteiger partial charge in [-0.2, -0.15) is 0 Å². The number of hydrogen-bond acceptors (Lipinski definition) is 6. The predicted octanol–water partition coefficient (Wildman–Crippen LogP) is 0.960. The number of halogens is 1. The second-order valence-corrected chi connectivity index (χ2v) is 6.33. The molecule has 1 saturated heterocycles. The molecule has 1 fully saturated rings. The van der Waals surface area contributed by atoms with Crippen LogP contribution in [0.15, 0.2) is 12.3 Å². The minimum atomic E-state index is -1.57. The molecule has 3 N–H and O–H groups in total. The Hall–Kier alpha value is -3.41. The van der Waals surface area contributed by atoms with Gasteiger partial charge in [-0.15, -0.1) is 6.42 Å². The molecule has 2 aromatic heterocycles. The van der Waals surface area contributed by atoms with Crippen LogP contribution in [-0.2, 0) is 4.79 Å². The number of amides is 2. The number of terminal acetylenes is 1. The van der Waals surface area contributed by atoms with Crippen LogP contribution in [0.1, 0.15) is 29.3 Å². The van der Waals surface area contributed by atoms with Crippen molar-refractivity contribution in [3.63, 3.8) is 0 Å². The van der Waals surface area contributed by atoms with E-state index in [0.29, 0.717) is 17.4 Å². The fourth-order valence-electron chi connectivity index (χ4n) is 3.26. The molecule has 8 nitrogen and oxygen atoms in total. The normalized spacial score (nSPS) is 21.2. The minimum absolute atomic E-state index is 0.00370. The van der Waals surface area contributed by atoms with Crippen molar-refractivity contribution in [2.45, 2.75) is 25.6 Å². The van der Waals surface area contributed by atoms with Crippen LogP contribution < -0.4 is 20.5 Å². The number of ether oxygens (including phenoxy) is 2. The third-order valence-electron chi connectivity index (χ3n) is 4.75. The first kappa shape index (κ1) is 19.4. The van der Waals surface area contributed by atoms with Gasteiger partial charge in [0.1, 0.15) is 17.7 Å². The van der Waals surface area contributed by atoms with Crippen molar-refractivity contribution < 1.29 is 23.5 Å². The summed E-state index contributed by atoms with van der Waals surface area (Å²) in [6, 6.07) is 0.972. The molecule has 1 unspecified atom stereocenters. The summed E-state index contributed by atoms with van der Waals surface area (Å²) in [5.74, 6) is 0.733. The molecule has 0 aromatic carbocycles. The third-order valence-corrected chi connectivity index (χ3v) is 4.75. The van der Waals surface area contributed by atoms with Gasteiger partial charge in [-0.25, -0.2) is 14.4 Å². The summed E-state index contributed by atoms with van der Waals surface area (Å²) in [5.41, 5.74) is 6.11. The Bertz CT molecular complexity index is 988. The molecule has 2 aromatic rings. The molecule has 1 aliphatic rings. The summed E-state index contributed by atoms with van der Waals surface area (Å²) in [7, 11) is 1.35. The summed E-state index contributed by atoms with van der Waals surface area (Å²) in [6.07, 6.45) is 5.82. The Kier molecular flexibility index (Phi) is 5.31. The number of hydrogen-bond donors (Lipinski definition) is 2. The summed E-state index contributed by atoms with van der Waals surface area (Å²) in [6.45, 7) is 1.81. The lowest BCUT2D eigenvalue weighted by Crippen LogP contribution is -2.35. The molecule has 1 aliphatic heterocycles. The highest BCUT2D eigenvalue weighted by Crippen LogP contribution is 2.30. The number of carbonyl (C=O) groups is 2. The SMILES string of the molecule is C#Cc1cnc(OCC2NC(=O)[C@@H](F)[C@H]2CC)c2nc(OC)c(C(N)=O)cc12. The van der Waals surface area contributed by atoms with Crippen molar-refractivity contribution in [2.24, 2.45) is 11.7 Å². The highest BCUT2D eigenvalue weighted by Gasteiger charge is 2.41. The van der Waals surface area contributed by atoms with Crippen molar-refractivity contribution in [1.29, 1.82) is 0 Å². The van der Waals surface area contributed by atoms with Crippen LogP contribution >= 0.6 is 0 Å². The molecule has 0 radical (unpaired) electrons. The van der Waals surface area contributed by atoms with Crippen molar-refractivity contribution in [3.05, 3.63) is 23.4 Å². The first-order valence-electron chi connectivity index (χ1n) is 8.62. The number of primary amides is 1. The lowest BCUT2D eigenvalue weighted by Gasteiger charge is -2.19. The van der Waals surface area contributed by atoms with E-state index in [4.69, 9.17) is 21.6 Å². The quantitative estimate of drug-likeness (QED) is 0.715. The minimum Gasteiger partial charge on any atom is -0.480 e. The van der Waals surface area contributed by atoms with E-state index in [1.807, 2.05) is 0 Å². The molecule has 3 rings (SSSR count). The van der Waals surface area contributed by atoms with Crippen molar-refractivity contribution >= 4 is 22.7 Å². The number of carbonyl (C=O) groups excluding carboxylic acids is 2. The number of rotatable bonds is 6. The molecule has 0 spiro atoms. The number of pyridine rings is 2. The van der Waals surface area contributed by atoms with Crippen LogP contribution in [0.4, 0.5) is 4.39 Å². The topological polar surface area (TPSA) is 116 Å². The van der Waals surface area contributed by atoms with E-state index in [0.717, 1.165) is 0 Å². The zero-order chi connectivity index (χ0) is 20.4. The molecular weight excluding hydrogens is 367 g/mol. The molecule has 0 aliphatic carbocycles. The van der Waals surface area contributed by atoms with Gasteiger partial charge in [0.25, 0.3) is 11.8 Å². The van der Waals surface area contributed by atoms with E-state index >= 15 is 0 Å². The Morgan fingerprint density at radius 3 is 2.82 bits per heavy atom. The number of fused-ring (bicyclic) bond motifs is 1. The number of nitrogens with two attached hydrogens (primary N) is 1. The molecule has 3 heterocycles. The average Bonchev–Trinajstić information content (AvgIpc) is 2.97.